The first-order valence-electron chi connectivity index (χ1n) is 5.07. The Labute approximate surface area is 104 Å². The van der Waals surface area contributed by atoms with Crippen molar-refractivity contribution in [1.82, 2.24) is 4.98 Å². The lowest BCUT2D eigenvalue weighted by Crippen LogP contribution is -2.13. The SMILES string of the molecule is Cc1ccc(Cl)cc1NC(=O)c1cc(N)c[nH]1. The number of aromatic nitrogens is 1. The first-order valence-corrected chi connectivity index (χ1v) is 5.45. The van der Waals surface area contributed by atoms with Crippen LogP contribution in [0.25, 0.3) is 0 Å². The molecule has 0 atom stereocenters. The number of H-pyrrole nitrogens is 1. The number of anilines is 2. The van der Waals surface area contributed by atoms with Crippen LogP contribution in [0.4, 0.5) is 11.4 Å². The van der Waals surface area contributed by atoms with Gasteiger partial charge in [0.25, 0.3) is 5.91 Å². The average molecular weight is 250 g/mol. The van der Waals surface area contributed by atoms with Crippen molar-refractivity contribution in [3.05, 3.63) is 46.7 Å². The second-order valence-corrected chi connectivity index (χ2v) is 4.20. The maximum atomic E-state index is 11.8. The molecule has 0 unspecified atom stereocenters. The molecule has 4 N–H and O–H groups in total. The van der Waals surface area contributed by atoms with E-state index in [1.807, 2.05) is 13.0 Å². The molecule has 0 radical (unpaired) electrons. The van der Waals surface area contributed by atoms with Gasteiger partial charge < -0.3 is 16.0 Å². The molecule has 0 spiro atoms. The van der Waals surface area contributed by atoms with Crippen molar-refractivity contribution in [3.63, 3.8) is 0 Å². The number of aromatic amines is 1. The number of rotatable bonds is 2. The molecule has 5 heteroatoms. The highest BCUT2D eigenvalue weighted by atomic mass is 35.5. The fourth-order valence-corrected chi connectivity index (χ4v) is 1.63. The summed E-state index contributed by atoms with van der Waals surface area (Å²) in [5, 5.41) is 3.35. The van der Waals surface area contributed by atoms with E-state index in [1.165, 1.54) is 0 Å². The molecule has 1 heterocycles. The molecule has 17 heavy (non-hydrogen) atoms. The minimum atomic E-state index is -0.243. The Kier molecular flexibility index (Phi) is 3.06. The van der Waals surface area contributed by atoms with E-state index in [0.29, 0.717) is 22.1 Å². The number of nitrogens with two attached hydrogens (primary N) is 1. The summed E-state index contributed by atoms with van der Waals surface area (Å²) in [6, 6.07) is 6.91. The molecule has 2 aromatic rings. The summed E-state index contributed by atoms with van der Waals surface area (Å²) < 4.78 is 0. The van der Waals surface area contributed by atoms with Crippen LogP contribution in [0.1, 0.15) is 16.1 Å². The van der Waals surface area contributed by atoms with E-state index in [9.17, 15) is 4.79 Å². The van der Waals surface area contributed by atoms with Gasteiger partial charge in [0, 0.05) is 22.6 Å². The van der Waals surface area contributed by atoms with E-state index in [-0.39, 0.29) is 5.91 Å². The molecule has 1 amide bonds. The molecule has 0 aliphatic heterocycles. The van der Waals surface area contributed by atoms with Gasteiger partial charge in [0.15, 0.2) is 0 Å². The molecule has 0 fully saturated rings. The molecular weight excluding hydrogens is 238 g/mol. The molecule has 0 saturated carbocycles. The fourth-order valence-electron chi connectivity index (χ4n) is 1.46. The summed E-state index contributed by atoms with van der Waals surface area (Å²) in [5.41, 5.74) is 8.11. The fraction of sp³-hybridized carbons (Fsp3) is 0.0833. The number of benzene rings is 1. The van der Waals surface area contributed by atoms with E-state index in [1.54, 1.807) is 24.4 Å². The van der Waals surface area contributed by atoms with E-state index in [4.69, 9.17) is 17.3 Å². The van der Waals surface area contributed by atoms with E-state index < -0.39 is 0 Å². The third-order valence-corrected chi connectivity index (χ3v) is 2.63. The van der Waals surface area contributed by atoms with Crippen LogP contribution in [-0.2, 0) is 0 Å². The van der Waals surface area contributed by atoms with Crippen LogP contribution in [0.2, 0.25) is 5.02 Å². The Morgan fingerprint density at radius 2 is 2.18 bits per heavy atom. The normalized spacial score (nSPS) is 10.2. The first kappa shape index (κ1) is 11.5. The highest BCUT2D eigenvalue weighted by Crippen LogP contribution is 2.20. The van der Waals surface area contributed by atoms with Crippen molar-refractivity contribution in [2.24, 2.45) is 0 Å². The van der Waals surface area contributed by atoms with Crippen molar-refractivity contribution < 1.29 is 4.79 Å². The minimum absolute atomic E-state index is 0.243. The van der Waals surface area contributed by atoms with Gasteiger partial charge in [-0.15, -0.1) is 0 Å². The number of carbonyl (C=O) groups excluding carboxylic acids is 1. The summed E-state index contributed by atoms with van der Waals surface area (Å²) in [4.78, 5) is 14.6. The molecule has 1 aromatic carbocycles. The van der Waals surface area contributed by atoms with Crippen molar-refractivity contribution in [2.75, 3.05) is 11.1 Å². The standard InChI is InChI=1S/C12H12ClN3O/c1-7-2-3-8(13)4-10(7)16-12(17)11-5-9(14)6-15-11/h2-6,15H,14H2,1H3,(H,16,17). The maximum absolute atomic E-state index is 11.8. The number of hydrogen-bond donors (Lipinski definition) is 3. The van der Waals surface area contributed by atoms with Crippen LogP contribution in [0, 0.1) is 6.92 Å². The summed E-state index contributed by atoms with van der Waals surface area (Å²) in [5.74, 6) is -0.243. The predicted molar refractivity (Wildman–Crippen MR) is 69.3 cm³/mol. The zero-order valence-corrected chi connectivity index (χ0v) is 10.0. The number of nitrogen functional groups attached to an aromatic ring is 1. The molecule has 2 rings (SSSR count). The van der Waals surface area contributed by atoms with E-state index >= 15 is 0 Å². The van der Waals surface area contributed by atoms with Gasteiger partial charge in [0.05, 0.1) is 0 Å². The van der Waals surface area contributed by atoms with E-state index in [2.05, 4.69) is 10.3 Å². The van der Waals surface area contributed by atoms with Crippen LogP contribution in [0.5, 0.6) is 0 Å². The average Bonchev–Trinajstić information content (AvgIpc) is 2.70. The molecule has 0 aliphatic rings. The third kappa shape index (κ3) is 2.60. The van der Waals surface area contributed by atoms with Gasteiger partial charge in [-0.2, -0.15) is 0 Å². The minimum Gasteiger partial charge on any atom is -0.397 e. The van der Waals surface area contributed by atoms with Gasteiger partial charge in [-0.3, -0.25) is 4.79 Å². The lowest BCUT2D eigenvalue weighted by molar-refractivity contribution is 0.102. The van der Waals surface area contributed by atoms with E-state index in [0.717, 1.165) is 5.56 Å². The number of halogens is 1. The van der Waals surface area contributed by atoms with Crippen LogP contribution in [0.15, 0.2) is 30.5 Å². The Balaban J connectivity index is 2.21. The van der Waals surface area contributed by atoms with Gasteiger partial charge in [-0.05, 0) is 30.7 Å². The van der Waals surface area contributed by atoms with Crippen molar-refractivity contribution in [3.8, 4) is 0 Å². The summed E-state index contributed by atoms with van der Waals surface area (Å²) in [6.45, 7) is 1.90. The van der Waals surface area contributed by atoms with Crippen LogP contribution in [-0.4, -0.2) is 10.9 Å². The van der Waals surface area contributed by atoms with Crippen LogP contribution >= 0.6 is 11.6 Å². The molecule has 0 saturated heterocycles. The Bertz CT molecular complexity index is 563. The number of aryl methyl sites for hydroxylation is 1. The Morgan fingerprint density at radius 3 is 2.82 bits per heavy atom. The second kappa shape index (κ2) is 4.51. The number of hydrogen-bond acceptors (Lipinski definition) is 2. The van der Waals surface area contributed by atoms with Crippen molar-refractivity contribution in [1.29, 1.82) is 0 Å². The van der Waals surface area contributed by atoms with Gasteiger partial charge in [-0.1, -0.05) is 17.7 Å². The second-order valence-electron chi connectivity index (χ2n) is 3.76. The van der Waals surface area contributed by atoms with Crippen LogP contribution < -0.4 is 11.1 Å². The topological polar surface area (TPSA) is 70.9 Å². The predicted octanol–water partition coefficient (Wildman–Crippen LogP) is 2.81. The Hall–Kier alpha value is -1.94. The smallest absolute Gasteiger partial charge is 0.272 e. The van der Waals surface area contributed by atoms with Gasteiger partial charge in [0.1, 0.15) is 5.69 Å². The molecule has 0 bridgehead atoms. The quantitative estimate of drug-likeness (QED) is 0.766. The number of amides is 1. The molecule has 4 nitrogen and oxygen atoms in total. The highest BCUT2D eigenvalue weighted by molar-refractivity contribution is 6.31. The van der Waals surface area contributed by atoms with Crippen molar-refractivity contribution in [2.45, 2.75) is 6.92 Å². The molecule has 88 valence electrons. The van der Waals surface area contributed by atoms with Crippen LogP contribution in [0.3, 0.4) is 0 Å². The lowest BCUT2D eigenvalue weighted by atomic mass is 10.2. The molecule has 1 aromatic heterocycles. The first-order chi connectivity index (χ1) is 8.06. The summed E-state index contributed by atoms with van der Waals surface area (Å²) in [7, 11) is 0. The van der Waals surface area contributed by atoms with Gasteiger partial charge >= 0.3 is 0 Å². The largest absolute Gasteiger partial charge is 0.397 e. The monoisotopic (exact) mass is 249 g/mol. The zero-order valence-electron chi connectivity index (χ0n) is 9.25. The third-order valence-electron chi connectivity index (χ3n) is 2.40. The summed E-state index contributed by atoms with van der Waals surface area (Å²) in [6.07, 6.45) is 1.57. The zero-order chi connectivity index (χ0) is 12.4. The van der Waals surface area contributed by atoms with Gasteiger partial charge in [0.2, 0.25) is 0 Å². The molecule has 0 aliphatic carbocycles. The molecular formula is C12H12ClN3O. The van der Waals surface area contributed by atoms with Gasteiger partial charge in [-0.25, -0.2) is 0 Å². The number of nitrogens with one attached hydrogen (secondary N) is 2. The number of carbonyl (C=O) groups is 1. The highest BCUT2D eigenvalue weighted by Gasteiger charge is 2.09. The summed E-state index contributed by atoms with van der Waals surface area (Å²) >= 11 is 5.87. The van der Waals surface area contributed by atoms with Crippen molar-refractivity contribution >= 4 is 28.9 Å². The lowest BCUT2D eigenvalue weighted by Gasteiger charge is -2.07. The Morgan fingerprint density at radius 1 is 1.41 bits per heavy atom. The maximum Gasteiger partial charge on any atom is 0.272 e.